The van der Waals surface area contributed by atoms with E-state index in [1.165, 1.54) is 12.8 Å². The van der Waals surface area contributed by atoms with Crippen molar-refractivity contribution in [2.45, 2.75) is 47.0 Å². The quantitative estimate of drug-likeness (QED) is 0.614. The number of rotatable bonds is 4. The van der Waals surface area contributed by atoms with Crippen molar-refractivity contribution in [3.05, 3.63) is 0 Å². The minimum Gasteiger partial charge on any atom is -0.0625 e. The number of hydrogen-bond donors (Lipinski definition) is 0. The Morgan fingerprint density at radius 1 is 1.08 bits per heavy atom. The van der Waals surface area contributed by atoms with Crippen molar-refractivity contribution in [1.29, 1.82) is 0 Å². The summed E-state index contributed by atoms with van der Waals surface area (Å²) in [6.07, 6.45) is 4.61. The second-order valence-electron chi connectivity index (χ2n) is 5.99. The molecule has 0 amide bonds. The van der Waals surface area contributed by atoms with Crippen molar-refractivity contribution >= 4 is 0 Å². The Kier molecular flexibility index (Phi) is 2.42. The van der Waals surface area contributed by atoms with Gasteiger partial charge in [0.25, 0.3) is 0 Å². The van der Waals surface area contributed by atoms with E-state index in [9.17, 15) is 0 Å². The first-order chi connectivity index (χ1) is 6.09. The summed E-state index contributed by atoms with van der Waals surface area (Å²) in [6, 6.07) is 0. The van der Waals surface area contributed by atoms with Crippen molar-refractivity contribution in [2.24, 2.45) is 35.5 Å². The zero-order valence-corrected chi connectivity index (χ0v) is 9.59. The molecule has 0 heterocycles. The zero-order chi connectivity index (χ0) is 9.59. The van der Waals surface area contributed by atoms with Gasteiger partial charge in [0.2, 0.25) is 0 Å². The molecule has 0 aromatic rings. The van der Waals surface area contributed by atoms with E-state index in [0.29, 0.717) is 0 Å². The van der Waals surface area contributed by atoms with Crippen LogP contribution in [-0.2, 0) is 0 Å². The van der Waals surface area contributed by atoms with Crippen LogP contribution in [0.25, 0.3) is 0 Å². The van der Waals surface area contributed by atoms with Crippen LogP contribution in [-0.4, -0.2) is 0 Å². The van der Waals surface area contributed by atoms with Crippen molar-refractivity contribution in [3.63, 3.8) is 0 Å². The van der Waals surface area contributed by atoms with Crippen molar-refractivity contribution in [1.82, 2.24) is 0 Å². The predicted octanol–water partition coefficient (Wildman–Crippen LogP) is 3.96. The van der Waals surface area contributed by atoms with E-state index in [0.717, 1.165) is 35.5 Å². The maximum atomic E-state index is 2.43. The first kappa shape index (κ1) is 9.55. The molecule has 2 saturated carbocycles. The molecular formula is C13H24. The first-order valence-corrected chi connectivity index (χ1v) is 6.09. The lowest BCUT2D eigenvalue weighted by molar-refractivity contribution is 0.359. The summed E-state index contributed by atoms with van der Waals surface area (Å²) in [6.45, 7) is 9.58. The van der Waals surface area contributed by atoms with Crippen LogP contribution in [0.15, 0.2) is 0 Å². The number of hydrogen-bond acceptors (Lipinski definition) is 0. The monoisotopic (exact) mass is 180 g/mol. The Morgan fingerprint density at radius 2 is 1.69 bits per heavy atom. The molecule has 0 heteroatoms. The molecule has 0 spiro atoms. The molecule has 0 aromatic carbocycles. The molecule has 76 valence electrons. The molecule has 5 unspecified atom stereocenters. The lowest BCUT2D eigenvalue weighted by atomic mass is 9.91. The fourth-order valence-electron chi connectivity index (χ4n) is 2.76. The highest BCUT2D eigenvalue weighted by Crippen LogP contribution is 2.59. The highest BCUT2D eigenvalue weighted by Gasteiger charge is 2.51. The highest BCUT2D eigenvalue weighted by atomic mass is 14.6. The van der Waals surface area contributed by atoms with Gasteiger partial charge < -0.3 is 0 Å². The lowest BCUT2D eigenvalue weighted by Gasteiger charge is -2.14. The summed E-state index contributed by atoms with van der Waals surface area (Å²) in [5, 5.41) is 0. The van der Waals surface area contributed by atoms with E-state index in [4.69, 9.17) is 0 Å². The minimum absolute atomic E-state index is 0.887. The normalized spacial score (nSPS) is 45.0. The topological polar surface area (TPSA) is 0 Å². The first-order valence-electron chi connectivity index (χ1n) is 6.09. The van der Waals surface area contributed by atoms with E-state index in [2.05, 4.69) is 27.7 Å². The third-order valence-electron chi connectivity index (χ3n) is 4.51. The van der Waals surface area contributed by atoms with E-state index >= 15 is 0 Å². The molecule has 2 aliphatic carbocycles. The van der Waals surface area contributed by atoms with Gasteiger partial charge in [-0.3, -0.25) is 0 Å². The van der Waals surface area contributed by atoms with Crippen LogP contribution in [0, 0.1) is 35.5 Å². The molecule has 0 N–H and O–H groups in total. The summed E-state index contributed by atoms with van der Waals surface area (Å²) >= 11 is 0. The maximum absolute atomic E-state index is 2.43. The van der Waals surface area contributed by atoms with Gasteiger partial charge >= 0.3 is 0 Å². The average molecular weight is 180 g/mol. The summed E-state index contributed by atoms with van der Waals surface area (Å²) in [5.74, 6) is 6.32. The lowest BCUT2D eigenvalue weighted by Crippen LogP contribution is -2.05. The second kappa shape index (κ2) is 3.29. The fourth-order valence-corrected chi connectivity index (χ4v) is 2.76. The van der Waals surface area contributed by atoms with E-state index < -0.39 is 0 Å². The predicted molar refractivity (Wildman–Crippen MR) is 57.5 cm³/mol. The van der Waals surface area contributed by atoms with Gasteiger partial charge in [0.15, 0.2) is 0 Å². The van der Waals surface area contributed by atoms with Crippen LogP contribution in [0.3, 0.4) is 0 Å². The zero-order valence-electron chi connectivity index (χ0n) is 9.59. The molecule has 0 bridgehead atoms. The van der Waals surface area contributed by atoms with Gasteiger partial charge in [-0.05, 0) is 54.8 Å². The fraction of sp³-hybridized carbons (Fsp3) is 1.00. The Hall–Kier alpha value is 0. The summed E-state index contributed by atoms with van der Waals surface area (Å²) in [4.78, 5) is 0. The van der Waals surface area contributed by atoms with Crippen LogP contribution in [0.4, 0.5) is 0 Å². The van der Waals surface area contributed by atoms with E-state index in [1.807, 2.05) is 0 Å². The maximum Gasteiger partial charge on any atom is -0.0352 e. The molecule has 2 aliphatic rings. The molecule has 0 saturated heterocycles. The summed E-state index contributed by atoms with van der Waals surface area (Å²) in [5.41, 5.74) is 0. The third-order valence-corrected chi connectivity index (χ3v) is 4.51. The molecule has 13 heavy (non-hydrogen) atoms. The molecule has 0 aliphatic heterocycles. The Morgan fingerprint density at radius 3 is 2.15 bits per heavy atom. The Labute approximate surface area is 83.1 Å². The third kappa shape index (κ3) is 2.08. The van der Waals surface area contributed by atoms with Crippen LogP contribution in [0.1, 0.15) is 47.0 Å². The van der Waals surface area contributed by atoms with Crippen molar-refractivity contribution in [2.75, 3.05) is 0 Å². The molecule has 0 nitrogen and oxygen atoms in total. The van der Waals surface area contributed by atoms with E-state index in [1.54, 1.807) is 6.42 Å². The van der Waals surface area contributed by atoms with Gasteiger partial charge in [0.1, 0.15) is 0 Å². The van der Waals surface area contributed by atoms with Gasteiger partial charge in [0, 0.05) is 0 Å². The van der Waals surface area contributed by atoms with Crippen LogP contribution in [0.2, 0.25) is 0 Å². The molecule has 0 radical (unpaired) electrons. The molecule has 5 atom stereocenters. The van der Waals surface area contributed by atoms with Gasteiger partial charge in [-0.2, -0.15) is 0 Å². The summed E-state index contributed by atoms with van der Waals surface area (Å²) in [7, 11) is 0. The van der Waals surface area contributed by atoms with Crippen LogP contribution in [0.5, 0.6) is 0 Å². The van der Waals surface area contributed by atoms with Crippen molar-refractivity contribution in [3.8, 4) is 0 Å². The smallest absolute Gasteiger partial charge is 0.0352 e. The second-order valence-corrected chi connectivity index (χ2v) is 5.99. The Balaban J connectivity index is 1.69. The van der Waals surface area contributed by atoms with Crippen LogP contribution < -0.4 is 0 Å². The van der Waals surface area contributed by atoms with Gasteiger partial charge in [-0.1, -0.05) is 27.7 Å². The molecule has 0 aromatic heterocycles. The van der Waals surface area contributed by atoms with Gasteiger partial charge in [-0.25, -0.2) is 0 Å². The Bertz CT molecular complexity index is 182. The molecular weight excluding hydrogens is 156 g/mol. The largest absolute Gasteiger partial charge is 0.0625 e. The average Bonchev–Trinajstić information content (AvgIpc) is 2.88. The van der Waals surface area contributed by atoms with Gasteiger partial charge in [0.05, 0.1) is 0 Å². The summed E-state index contributed by atoms with van der Waals surface area (Å²) < 4.78 is 0. The molecule has 2 rings (SSSR count). The molecule has 2 fully saturated rings. The van der Waals surface area contributed by atoms with Crippen molar-refractivity contribution < 1.29 is 0 Å². The van der Waals surface area contributed by atoms with Crippen LogP contribution >= 0.6 is 0 Å². The highest BCUT2D eigenvalue weighted by molar-refractivity contribution is 5.00. The SMILES string of the molecule is CC(C)C(C)CC1CC1C1CC1C. The standard InChI is InChI=1S/C13H24/c1-8(2)9(3)5-11-7-13(11)12-6-10(12)4/h8-13H,5-7H2,1-4H3. The minimum atomic E-state index is 0.887. The van der Waals surface area contributed by atoms with E-state index in [-0.39, 0.29) is 0 Å². The van der Waals surface area contributed by atoms with Gasteiger partial charge in [-0.15, -0.1) is 0 Å².